The van der Waals surface area contributed by atoms with Crippen molar-refractivity contribution >= 4 is 16.7 Å². The van der Waals surface area contributed by atoms with Gasteiger partial charge in [-0.1, -0.05) is 30.3 Å². The SMILES string of the molecule is Cn1ccnc1CNC(=O)c1ccc2ccccc2c1. The Bertz CT molecular complexity index is 761. The fraction of sp³-hybridized carbons (Fsp3) is 0.125. The van der Waals surface area contributed by atoms with Gasteiger partial charge in [-0.3, -0.25) is 4.79 Å². The fourth-order valence-electron chi connectivity index (χ4n) is 2.16. The van der Waals surface area contributed by atoms with Gasteiger partial charge in [0, 0.05) is 25.0 Å². The van der Waals surface area contributed by atoms with Crippen molar-refractivity contribution in [1.29, 1.82) is 0 Å². The molecule has 1 amide bonds. The summed E-state index contributed by atoms with van der Waals surface area (Å²) < 4.78 is 1.89. The van der Waals surface area contributed by atoms with Gasteiger partial charge in [0.2, 0.25) is 0 Å². The first-order valence-corrected chi connectivity index (χ1v) is 6.47. The van der Waals surface area contributed by atoms with E-state index in [4.69, 9.17) is 0 Å². The van der Waals surface area contributed by atoms with E-state index in [9.17, 15) is 4.79 Å². The van der Waals surface area contributed by atoms with Crippen LogP contribution < -0.4 is 5.32 Å². The van der Waals surface area contributed by atoms with Crippen LogP contribution in [0.2, 0.25) is 0 Å². The average Bonchev–Trinajstić information content (AvgIpc) is 2.89. The zero-order chi connectivity index (χ0) is 13.9. The van der Waals surface area contributed by atoms with Crippen LogP contribution in [0.5, 0.6) is 0 Å². The number of rotatable bonds is 3. The highest BCUT2D eigenvalue weighted by atomic mass is 16.1. The number of aromatic nitrogens is 2. The number of hydrogen-bond donors (Lipinski definition) is 1. The van der Waals surface area contributed by atoms with Crippen molar-refractivity contribution in [2.24, 2.45) is 7.05 Å². The maximum Gasteiger partial charge on any atom is 0.251 e. The van der Waals surface area contributed by atoms with Crippen molar-refractivity contribution in [3.63, 3.8) is 0 Å². The normalized spacial score (nSPS) is 10.7. The van der Waals surface area contributed by atoms with Crippen molar-refractivity contribution in [3.8, 4) is 0 Å². The molecule has 0 atom stereocenters. The molecule has 20 heavy (non-hydrogen) atoms. The minimum Gasteiger partial charge on any atom is -0.345 e. The van der Waals surface area contributed by atoms with Gasteiger partial charge in [-0.15, -0.1) is 0 Å². The smallest absolute Gasteiger partial charge is 0.251 e. The van der Waals surface area contributed by atoms with Crippen molar-refractivity contribution in [2.75, 3.05) is 0 Å². The molecule has 0 spiro atoms. The zero-order valence-corrected chi connectivity index (χ0v) is 11.2. The Morgan fingerprint density at radius 1 is 1.20 bits per heavy atom. The second-order valence-corrected chi connectivity index (χ2v) is 4.70. The number of hydrogen-bond acceptors (Lipinski definition) is 2. The van der Waals surface area contributed by atoms with Crippen LogP contribution >= 0.6 is 0 Å². The number of imidazole rings is 1. The highest BCUT2D eigenvalue weighted by Crippen LogP contribution is 2.15. The molecule has 3 aromatic rings. The number of carbonyl (C=O) groups is 1. The number of nitrogens with one attached hydrogen (secondary N) is 1. The molecule has 0 radical (unpaired) electrons. The van der Waals surface area contributed by atoms with Crippen molar-refractivity contribution in [2.45, 2.75) is 6.54 Å². The van der Waals surface area contributed by atoms with Gasteiger partial charge in [0.25, 0.3) is 5.91 Å². The van der Waals surface area contributed by atoms with E-state index < -0.39 is 0 Å². The van der Waals surface area contributed by atoms with Crippen LogP contribution in [0.3, 0.4) is 0 Å². The van der Waals surface area contributed by atoms with E-state index in [0.29, 0.717) is 12.1 Å². The summed E-state index contributed by atoms with van der Waals surface area (Å²) in [6, 6.07) is 13.7. The Balaban J connectivity index is 1.77. The van der Waals surface area contributed by atoms with Gasteiger partial charge in [-0.05, 0) is 22.9 Å². The van der Waals surface area contributed by atoms with E-state index >= 15 is 0 Å². The van der Waals surface area contributed by atoms with Crippen LogP contribution in [-0.2, 0) is 13.6 Å². The summed E-state index contributed by atoms with van der Waals surface area (Å²) in [4.78, 5) is 16.3. The number of aryl methyl sites for hydroxylation is 1. The Hall–Kier alpha value is -2.62. The molecule has 4 heteroatoms. The van der Waals surface area contributed by atoms with Gasteiger partial charge in [0.1, 0.15) is 5.82 Å². The first-order chi connectivity index (χ1) is 9.74. The third kappa shape index (κ3) is 2.40. The molecule has 4 nitrogen and oxygen atoms in total. The minimum absolute atomic E-state index is 0.0845. The molecule has 1 aromatic heterocycles. The van der Waals surface area contributed by atoms with Gasteiger partial charge in [0.05, 0.1) is 6.54 Å². The summed E-state index contributed by atoms with van der Waals surface area (Å²) in [6.45, 7) is 0.426. The largest absolute Gasteiger partial charge is 0.345 e. The topological polar surface area (TPSA) is 46.9 Å². The number of carbonyl (C=O) groups excluding carboxylic acids is 1. The molecule has 3 rings (SSSR count). The third-order valence-corrected chi connectivity index (χ3v) is 3.34. The van der Waals surface area contributed by atoms with E-state index in [1.54, 1.807) is 6.20 Å². The number of nitrogens with zero attached hydrogens (tertiary/aromatic N) is 2. The third-order valence-electron chi connectivity index (χ3n) is 3.34. The molecule has 0 bridgehead atoms. The van der Waals surface area contributed by atoms with Gasteiger partial charge in [0.15, 0.2) is 0 Å². The highest BCUT2D eigenvalue weighted by molar-refractivity contribution is 5.98. The maximum atomic E-state index is 12.1. The van der Waals surface area contributed by atoms with Crippen LogP contribution in [0.1, 0.15) is 16.2 Å². The molecule has 0 unspecified atom stereocenters. The Kier molecular flexibility index (Phi) is 3.21. The van der Waals surface area contributed by atoms with Crippen LogP contribution in [0, 0.1) is 0 Å². The molecule has 0 aliphatic heterocycles. The first-order valence-electron chi connectivity index (χ1n) is 6.47. The number of amides is 1. The molecule has 0 saturated heterocycles. The van der Waals surface area contributed by atoms with Crippen LogP contribution in [0.25, 0.3) is 10.8 Å². The molecule has 0 fully saturated rings. The van der Waals surface area contributed by atoms with Gasteiger partial charge in [-0.2, -0.15) is 0 Å². The lowest BCUT2D eigenvalue weighted by atomic mass is 10.1. The lowest BCUT2D eigenvalue weighted by Crippen LogP contribution is -2.24. The summed E-state index contributed by atoms with van der Waals surface area (Å²) in [6.07, 6.45) is 3.58. The van der Waals surface area contributed by atoms with Crippen LogP contribution in [0.4, 0.5) is 0 Å². The molecule has 1 N–H and O–H groups in total. The molecule has 100 valence electrons. The van der Waals surface area contributed by atoms with Crippen molar-refractivity contribution in [1.82, 2.24) is 14.9 Å². The second-order valence-electron chi connectivity index (χ2n) is 4.70. The lowest BCUT2D eigenvalue weighted by Gasteiger charge is -2.06. The number of benzene rings is 2. The monoisotopic (exact) mass is 265 g/mol. The summed E-state index contributed by atoms with van der Waals surface area (Å²) >= 11 is 0. The predicted molar refractivity (Wildman–Crippen MR) is 78.3 cm³/mol. The molecular formula is C16H15N3O. The zero-order valence-electron chi connectivity index (χ0n) is 11.2. The van der Waals surface area contributed by atoms with E-state index in [-0.39, 0.29) is 5.91 Å². The lowest BCUT2D eigenvalue weighted by molar-refractivity contribution is 0.0950. The molecule has 0 saturated carbocycles. The highest BCUT2D eigenvalue weighted by Gasteiger charge is 2.07. The van der Waals surface area contributed by atoms with Gasteiger partial charge in [-0.25, -0.2) is 4.98 Å². The summed E-state index contributed by atoms with van der Waals surface area (Å²) in [5.74, 6) is 0.748. The average molecular weight is 265 g/mol. The fourth-order valence-corrected chi connectivity index (χ4v) is 2.16. The molecule has 1 heterocycles. The first kappa shape index (κ1) is 12.4. The van der Waals surface area contributed by atoms with Crippen molar-refractivity contribution < 1.29 is 4.79 Å². The maximum absolute atomic E-state index is 12.1. The van der Waals surface area contributed by atoms with E-state index in [0.717, 1.165) is 16.6 Å². The number of fused-ring (bicyclic) bond motifs is 1. The minimum atomic E-state index is -0.0845. The Labute approximate surface area is 117 Å². The summed E-state index contributed by atoms with van der Waals surface area (Å²) in [5, 5.41) is 5.08. The Morgan fingerprint density at radius 3 is 2.75 bits per heavy atom. The van der Waals surface area contributed by atoms with Gasteiger partial charge >= 0.3 is 0 Å². The summed E-state index contributed by atoms with van der Waals surface area (Å²) in [5.41, 5.74) is 0.665. The molecule has 0 aliphatic rings. The van der Waals surface area contributed by atoms with Crippen molar-refractivity contribution in [3.05, 3.63) is 66.2 Å². The Morgan fingerprint density at radius 2 is 2.00 bits per heavy atom. The van der Waals surface area contributed by atoms with E-state index in [1.165, 1.54) is 0 Å². The predicted octanol–water partition coefficient (Wildman–Crippen LogP) is 2.50. The van der Waals surface area contributed by atoms with Crippen LogP contribution in [0.15, 0.2) is 54.9 Å². The molecule has 2 aromatic carbocycles. The van der Waals surface area contributed by atoms with Crippen LogP contribution in [-0.4, -0.2) is 15.5 Å². The summed E-state index contributed by atoms with van der Waals surface area (Å²) in [7, 11) is 1.91. The van der Waals surface area contributed by atoms with Gasteiger partial charge < -0.3 is 9.88 Å². The molecule has 0 aliphatic carbocycles. The standard InChI is InChI=1S/C16H15N3O/c1-19-9-8-17-15(19)11-18-16(20)14-7-6-12-4-2-3-5-13(12)10-14/h2-10H,11H2,1H3,(H,18,20). The quantitative estimate of drug-likeness (QED) is 0.791. The van der Waals surface area contributed by atoms with E-state index in [1.807, 2.05) is 60.3 Å². The second kappa shape index (κ2) is 5.17. The van der Waals surface area contributed by atoms with E-state index in [2.05, 4.69) is 10.3 Å². The molecular weight excluding hydrogens is 250 g/mol.